The van der Waals surface area contributed by atoms with Gasteiger partial charge < -0.3 is 0 Å². The van der Waals surface area contributed by atoms with E-state index in [0.717, 1.165) is 88.8 Å². The van der Waals surface area contributed by atoms with Crippen LogP contribution in [0.3, 0.4) is 0 Å². The third-order valence-corrected chi connectivity index (χ3v) is 18.6. The fourth-order valence-corrected chi connectivity index (χ4v) is 14.4. The molecule has 0 aliphatic heterocycles. The van der Waals surface area contributed by atoms with Gasteiger partial charge in [0.15, 0.2) is 0 Å². The zero-order chi connectivity index (χ0) is 41.9. The van der Waals surface area contributed by atoms with Gasteiger partial charge in [0, 0.05) is 0 Å². The minimum atomic E-state index is 0.702. The molecule has 2 aromatic rings. The summed E-state index contributed by atoms with van der Waals surface area (Å²) in [4.78, 5) is 0. The lowest BCUT2D eigenvalue weighted by Crippen LogP contribution is -2.44. The zero-order valence-corrected chi connectivity index (χ0v) is 40.9. The second kappa shape index (κ2) is 17.7. The summed E-state index contributed by atoms with van der Waals surface area (Å²) < 4.78 is 0. The van der Waals surface area contributed by atoms with Crippen LogP contribution in [0.15, 0.2) is 0 Å². The molecule has 0 saturated heterocycles. The molecule has 55 heavy (non-hydrogen) atoms. The van der Waals surface area contributed by atoms with Gasteiger partial charge in [0.25, 0.3) is 0 Å². The van der Waals surface area contributed by atoms with E-state index < -0.39 is 0 Å². The SMILES string of the molecule is CC.CC(C)C.Cc1c(C)c(C)c(C2C(C)C(C)C(C)C3C(CC4C(C)CC5C(c6c(C)c(C)c(C)c(C)c6C)C(C)C(C)C(C)C45)C(C)CC23)c(C)c1C. The van der Waals surface area contributed by atoms with E-state index >= 15 is 0 Å². The lowest BCUT2D eigenvalue weighted by atomic mass is 9.53. The fraction of sp³-hybridized carbons (Fsp3) is 0.782. The predicted octanol–water partition coefficient (Wildman–Crippen LogP) is 16.3. The van der Waals surface area contributed by atoms with Gasteiger partial charge in [0.1, 0.15) is 0 Å². The van der Waals surface area contributed by atoms with E-state index in [4.69, 9.17) is 0 Å². The minimum Gasteiger partial charge on any atom is -0.0683 e. The van der Waals surface area contributed by atoms with Crippen LogP contribution in [0, 0.1) is 158 Å². The van der Waals surface area contributed by atoms with Crippen LogP contribution in [0.5, 0.6) is 0 Å². The van der Waals surface area contributed by atoms with Crippen LogP contribution >= 0.6 is 0 Å². The van der Waals surface area contributed by atoms with Crippen LogP contribution in [0.1, 0.15) is 188 Å². The molecule has 4 saturated carbocycles. The van der Waals surface area contributed by atoms with Gasteiger partial charge in [0.2, 0.25) is 0 Å². The van der Waals surface area contributed by atoms with Crippen molar-refractivity contribution in [3.05, 3.63) is 66.8 Å². The average Bonchev–Trinajstić information content (AvgIpc) is 3.64. The molecule has 16 unspecified atom stereocenters. The van der Waals surface area contributed by atoms with Gasteiger partial charge in [-0.3, -0.25) is 0 Å². The van der Waals surface area contributed by atoms with E-state index in [1.54, 1.807) is 55.6 Å². The van der Waals surface area contributed by atoms with Crippen LogP contribution < -0.4 is 0 Å². The Labute approximate surface area is 344 Å². The van der Waals surface area contributed by atoms with Crippen molar-refractivity contribution in [3.63, 3.8) is 0 Å². The Bertz CT molecular complexity index is 1460. The van der Waals surface area contributed by atoms with E-state index in [9.17, 15) is 0 Å². The molecule has 0 spiro atoms. The first-order valence-electron chi connectivity index (χ1n) is 23.7. The van der Waals surface area contributed by atoms with Crippen molar-refractivity contribution in [1.29, 1.82) is 0 Å². The van der Waals surface area contributed by atoms with Gasteiger partial charge in [-0.25, -0.2) is 0 Å². The van der Waals surface area contributed by atoms with Crippen molar-refractivity contribution in [2.45, 2.75) is 190 Å². The quantitative estimate of drug-likeness (QED) is 0.292. The molecule has 6 rings (SSSR count). The fourth-order valence-electron chi connectivity index (χ4n) is 14.4. The van der Waals surface area contributed by atoms with Crippen molar-refractivity contribution in [2.75, 3.05) is 0 Å². The Morgan fingerprint density at radius 3 is 0.873 bits per heavy atom. The Balaban J connectivity index is 0.00000105. The number of rotatable bonds is 4. The van der Waals surface area contributed by atoms with E-state index in [1.807, 2.05) is 13.8 Å². The molecule has 0 nitrogen and oxygen atoms in total. The summed E-state index contributed by atoms with van der Waals surface area (Å²) >= 11 is 0. The molecule has 0 heteroatoms. The first kappa shape index (κ1) is 46.1. The third kappa shape index (κ3) is 7.84. The molecule has 4 fully saturated rings. The molecule has 0 radical (unpaired) electrons. The second-order valence-electron chi connectivity index (χ2n) is 21.5. The molecule has 0 heterocycles. The van der Waals surface area contributed by atoms with Crippen LogP contribution in [0.25, 0.3) is 0 Å². The Kier molecular flexibility index (Phi) is 14.9. The number of benzene rings is 2. The van der Waals surface area contributed by atoms with Crippen molar-refractivity contribution in [3.8, 4) is 0 Å². The smallest absolute Gasteiger partial charge is 0.00969 e. The Morgan fingerprint density at radius 1 is 0.382 bits per heavy atom. The predicted molar refractivity (Wildman–Crippen MR) is 246 cm³/mol. The first-order valence-corrected chi connectivity index (χ1v) is 23.7. The van der Waals surface area contributed by atoms with Crippen molar-refractivity contribution < 1.29 is 0 Å². The molecular formula is C55H92. The zero-order valence-electron chi connectivity index (χ0n) is 40.9. The highest BCUT2D eigenvalue weighted by atomic mass is 14.6. The van der Waals surface area contributed by atoms with Gasteiger partial charge in [-0.05, 0) is 256 Å². The maximum absolute atomic E-state index is 2.69. The van der Waals surface area contributed by atoms with Gasteiger partial charge in [0.05, 0.1) is 0 Å². The lowest BCUT2D eigenvalue weighted by molar-refractivity contribution is 0.00526. The molecule has 0 N–H and O–H groups in total. The third-order valence-electron chi connectivity index (χ3n) is 18.6. The van der Waals surface area contributed by atoms with Gasteiger partial charge >= 0.3 is 0 Å². The maximum atomic E-state index is 2.69. The summed E-state index contributed by atoms with van der Waals surface area (Å²) in [6.45, 7) is 56.0. The molecule has 16 atom stereocenters. The molecule has 0 aromatic heterocycles. The van der Waals surface area contributed by atoms with E-state index in [1.165, 1.54) is 30.4 Å². The number of fused-ring (bicyclic) bond motifs is 2. The Morgan fingerprint density at radius 2 is 0.618 bits per heavy atom. The minimum absolute atomic E-state index is 0.702. The van der Waals surface area contributed by atoms with Crippen LogP contribution in [-0.4, -0.2) is 0 Å². The van der Waals surface area contributed by atoms with Crippen LogP contribution in [0.4, 0.5) is 0 Å². The summed E-state index contributed by atoms with van der Waals surface area (Å²) in [5.74, 6) is 13.6. The highest BCUT2D eigenvalue weighted by Gasteiger charge is 2.58. The largest absolute Gasteiger partial charge is 0.0683 e. The molecule has 312 valence electrons. The normalized spacial score (nSPS) is 38.2. The Hall–Kier alpha value is -1.56. The summed E-state index contributed by atoms with van der Waals surface area (Å²) in [6.07, 6.45) is 4.36. The molecule has 2 aromatic carbocycles. The van der Waals surface area contributed by atoms with Crippen LogP contribution in [-0.2, 0) is 0 Å². The first-order chi connectivity index (χ1) is 25.6. The summed E-state index contributed by atoms with van der Waals surface area (Å²) in [7, 11) is 0. The van der Waals surface area contributed by atoms with E-state index in [0.29, 0.717) is 11.8 Å². The van der Waals surface area contributed by atoms with E-state index in [2.05, 4.69) is 145 Å². The summed E-state index contributed by atoms with van der Waals surface area (Å²) in [5, 5.41) is 0. The maximum Gasteiger partial charge on any atom is -0.00969 e. The lowest BCUT2D eigenvalue weighted by Gasteiger charge is -2.51. The molecular weight excluding hydrogens is 661 g/mol. The van der Waals surface area contributed by atoms with Crippen molar-refractivity contribution in [1.82, 2.24) is 0 Å². The summed E-state index contributed by atoms with van der Waals surface area (Å²) in [5.41, 5.74) is 19.2. The van der Waals surface area contributed by atoms with Gasteiger partial charge in [-0.15, -0.1) is 0 Å². The summed E-state index contributed by atoms with van der Waals surface area (Å²) in [6, 6.07) is 0. The van der Waals surface area contributed by atoms with Gasteiger partial charge in [-0.1, -0.05) is 90.0 Å². The highest BCUT2D eigenvalue weighted by Crippen LogP contribution is 2.66. The highest BCUT2D eigenvalue weighted by molar-refractivity contribution is 5.53. The molecule has 4 aliphatic carbocycles. The monoisotopic (exact) mass is 753 g/mol. The van der Waals surface area contributed by atoms with Crippen molar-refractivity contribution >= 4 is 0 Å². The molecule has 0 bridgehead atoms. The topological polar surface area (TPSA) is 0 Å². The van der Waals surface area contributed by atoms with Crippen molar-refractivity contribution in [2.24, 2.45) is 88.8 Å². The van der Waals surface area contributed by atoms with Crippen LogP contribution in [0.2, 0.25) is 0 Å². The molecule has 0 amide bonds. The number of hydrogen-bond acceptors (Lipinski definition) is 0. The number of hydrogen-bond donors (Lipinski definition) is 0. The van der Waals surface area contributed by atoms with E-state index in [-0.39, 0.29) is 0 Å². The standard InChI is InChI=1S/C49H76.C4H10.C2H6/c1-22-19-42-46(36(15)30(9)38(17)48(42)44-32(11)26(5)24(3)27(6)33(44)12)40(22)21-41-23(2)20-43-47(41)37(16)31(10)39(18)49(43)45-34(13)28(7)25(4)29(8)35(45)14;1-4(2)3;1-2/h22-23,30-31,36-43,46-49H,19-21H2,1-18H3;4H,1-3H3;1-2H3. The van der Waals surface area contributed by atoms with Gasteiger partial charge in [-0.2, -0.15) is 0 Å². The second-order valence-corrected chi connectivity index (χ2v) is 21.5. The molecule has 4 aliphatic rings. The average molecular weight is 753 g/mol.